The number of carbonyl (C=O) groups excluding carboxylic acids is 2. The van der Waals surface area contributed by atoms with Crippen molar-refractivity contribution in [3.05, 3.63) is 0 Å². The summed E-state index contributed by atoms with van der Waals surface area (Å²) in [6.45, 7) is 5.87. The van der Waals surface area contributed by atoms with Crippen LogP contribution in [0.15, 0.2) is 0 Å². The highest BCUT2D eigenvalue weighted by Gasteiger charge is 2.33. The van der Waals surface area contributed by atoms with Crippen LogP contribution in [0, 0.1) is 5.41 Å². The zero-order valence-corrected chi connectivity index (χ0v) is 10.8. The molecule has 0 aliphatic heterocycles. The molecule has 16 heavy (non-hydrogen) atoms. The zero-order chi connectivity index (χ0) is 13.1. The van der Waals surface area contributed by atoms with Gasteiger partial charge < -0.3 is 4.74 Å². The third-order valence-corrected chi connectivity index (χ3v) is 3.51. The number of nitrogens with one attached hydrogen (secondary N) is 1. The van der Waals surface area contributed by atoms with Crippen LogP contribution in [0.25, 0.3) is 0 Å². The Morgan fingerprint density at radius 1 is 1.25 bits per heavy atom. The first-order valence-electron chi connectivity index (χ1n) is 4.66. The first-order valence-corrected chi connectivity index (χ1v) is 6.21. The number of methoxy groups -OCH3 is 1. The average Bonchev–Trinajstić information content (AvgIpc) is 2.13. The van der Waals surface area contributed by atoms with Gasteiger partial charge in [-0.1, -0.05) is 20.8 Å². The van der Waals surface area contributed by atoms with Crippen molar-refractivity contribution in [1.29, 1.82) is 0 Å². The van der Waals surface area contributed by atoms with Crippen molar-refractivity contribution in [2.45, 2.75) is 32.9 Å². The number of esters is 1. The molecule has 1 amide bonds. The lowest BCUT2D eigenvalue weighted by atomic mass is 9.96. The largest absolute Gasteiger partial charge is 0.468 e. The maximum absolute atomic E-state index is 11.6. The monoisotopic (exact) mass is 251 g/mol. The molecule has 0 bridgehead atoms. The van der Waals surface area contributed by atoms with Gasteiger partial charge in [0.15, 0.2) is 5.25 Å². The van der Waals surface area contributed by atoms with Gasteiger partial charge in [-0.2, -0.15) is 0 Å². The first kappa shape index (κ1) is 14.9. The maximum Gasteiger partial charge on any atom is 0.325 e. The number of rotatable bonds is 3. The standard InChI is InChI=1S/C9H17NO5S/c1-6(7(11)15-5)16(13,14)10-8(12)9(2,3)4/h6H,1-5H3,(H,10,12). The predicted molar refractivity (Wildman–Crippen MR) is 58.0 cm³/mol. The Morgan fingerprint density at radius 2 is 1.69 bits per heavy atom. The molecule has 1 atom stereocenters. The van der Waals surface area contributed by atoms with E-state index < -0.39 is 32.6 Å². The number of sulfonamides is 1. The Labute approximate surface area is 95.4 Å². The van der Waals surface area contributed by atoms with E-state index in [1.54, 1.807) is 20.8 Å². The molecular formula is C9H17NO5S. The Balaban J connectivity index is 4.85. The Hall–Kier alpha value is -1.11. The van der Waals surface area contributed by atoms with Crippen LogP contribution < -0.4 is 4.72 Å². The molecule has 0 spiro atoms. The van der Waals surface area contributed by atoms with Gasteiger partial charge in [0.05, 0.1) is 7.11 Å². The number of hydrogen-bond donors (Lipinski definition) is 1. The summed E-state index contributed by atoms with van der Waals surface area (Å²) in [5.74, 6) is -1.57. The smallest absolute Gasteiger partial charge is 0.325 e. The summed E-state index contributed by atoms with van der Waals surface area (Å²) in [7, 11) is -2.94. The summed E-state index contributed by atoms with van der Waals surface area (Å²) in [5.41, 5.74) is -0.844. The second-order valence-corrected chi connectivity index (χ2v) is 6.39. The molecule has 0 heterocycles. The fourth-order valence-corrected chi connectivity index (χ4v) is 1.75. The van der Waals surface area contributed by atoms with E-state index in [2.05, 4.69) is 4.74 Å². The first-order chi connectivity index (χ1) is 7.02. The molecule has 1 unspecified atom stereocenters. The summed E-state index contributed by atoms with van der Waals surface area (Å²) in [6, 6.07) is 0. The van der Waals surface area contributed by atoms with Crippen molar-refractivity contribution in [3.8, 4) is 0 Å². The van der Waals surface area contributed by atoms with Gasteiger partial charge in [0.1, 0.15) is 0 Å². The summed E-state index contributed by atoms with van der Waals surface area (Å²) in [4.78, 5) is 22.5. The van der Waals surface area contributed by atoms with Crippen LogP contribution in [0.1, 0.15) is 27.7 Å². The Kier molecular flexibility index (Phi) is 4.48. The minimum atomic E-state index is -4.03. The van der Waals surface area contributed by atoms with Crippen LogP contribution in [0.2, 0.25) is 0 Å². The summed E-state index contributed by atoms with van der Waals surface area (Å²) >= 11 is 0. The van der Waals surface area contributed by atoms with Crippen LogP contribution >= 0.6 is 0 Å². The van der Waals surface area contributed by atoms with Gasteiger partial charge in [-0.25, -0.2) is 8.42 Å². The molecular weight excluding hydrogens is 234 g/mol. The van der Waals surface area contributed by atoms with Crippen molar-refractivity contribution in [1.82, 2.24) is 4.72 Å². The fourth-order valence-electron chi connectivity index (χ4n) is 0.663. The third-order valence-electron chi connectivity index (χ3n) is 1.91. The van der Waals surface area contributed by atoms with Crippen molar-refractivity contribution < 1.29 is 22.7 Å². The van der Waals surface area contributed by atoms with Gasteiger partial charge in [0.2, 0.25) is 15.9 Å². The number of hydrogen-bond acceptors (Lipinski definition) is 5. The van der Waals surface area contributed by atoms with Crippen LogP contribution in [0.3, 0.4) is 0 Å². The van der Waals surface area contributed by atoms with Gasteiger partial charge in [-0.3, -0.25) is 14.3 Å². The SMILES string of the molecule is COC(=O)C(C)S(=O)(=O)NC(=O)C(C)(C)C. The molecule has 0 radical (unpaired) electrons. The van der Waals surface area contributed by atoms with Gasteiger partial charge in [0, 0.05) is 5.41 Å². The van der Waals surface area contributed by atoms with E-state index in [1.165, 1.54) is 0 Å². The molecule has 0 aromatic carbocycles. The predicted octanol–water partition coefficient (Wildman–Crippen LogP) is 0.0400. The van der Waals surface area contributed by atoms with Crippen LogP contribution in [-0.2, 0) is 24.3 Å². The normalized spacial score (nSPS) is 14.1. The highest BCUT2D eigenvalue weighted by molar-refractivity contribution is 7.91. The number of ether oxygens (including phenoxy) is 1. The molecule has 0 aliphatic rings. The second kappa shape index (κ2) is 4.82. The van der Waals surface area contributed by atoms with E-state index in [0.29, 0.717) is 0 Å². The summed E-state index contributed by atoms with van der Waals surface area (Å²) in [5, 5.41) is -1.41. The molecule has 0 aromatic rings. The van der Waals surface area contributed by atoms with E-state index in [1.807, 2.05) is 4.72 Å². The lowest BCUT2D eigenvalue weighted by Gasteiger charge is -2.19. The van der Waals surface area contributed by atoms with Crippen molar-refractivity contribution in [2.75, 3.05) is 7.11 Å². The molecule has 0 rings (SSSR count). The minimum absolute atomic E-state index is 0.664. The highest BCUT2D eigenvalue weighted by Crippen LogP contribution is 2.14. The van der Waals surface area contributed by atoms with Crippen molar-refractivity contribution >= 4 is 21.9 Å². The van der Waals surface area contributed by atoms with Gasteiger partial charge in [-0.15, -0.1) is 0 Å². The van der Waals surface area contributed by atoms with E-state index in [9.17, 15) is 18.0 Å². The lowest BCUT2D eigenvalue weighted by Crippen LogP contribution is -2.45. The minimum Gasteiger partial charge on any atom is -0.468 e. The second-order valence-electron chi connectivity index (χ2n) is 4.39. The molecule has 0 aliphatic carbocycles. The Morgan fingerprint density at radius 3 is 2.00 bits per heavy atom. The zero-order valence-electron chi connectivity index (χ0n) is 10.0. The van der Waals surface area contributed by atoms with Crippen LogP contribution in [0.5, 0.6) is 0 Å². The molecule has 0 saturated carbocycles. The van der Waals surface area contributed by atoms with Crippen LogP contribution in [-0.4, -0.2) is 32.7 Å². The summed E-state index contributed by atoms with van der Waals surface area (Å²) < 4.78 is 29.3. The number of amides is 1. The number of carbonyl (C=O) groups is 2. The molecule has 94 valence electrons. The van der Waals surface area contributed by atoms with E-state index in [-0.39, 0.29) is 0 Å². The van der Waals surface area contributed by atoms with Gasteiger partial charge in [0.25, 0.3) is 0 Å². The molecule has 0 aromatic heterocycles. The summed E-state index contributed by atoms with van der Waals surface area (Å²) in [6.07, 6.45) is 0. The lowest BCUT2D eigenvalue weighted by molar-refractivity contribution is -0.139. The van der Waals surface area contributed by atoms with Crippen LogP contribution in [0.4, 0.5) is 0 Å². The Bertz CT molecular complexity index is 379. The topological polar surface area (TPSA) is 89.5 Å². The van der Waals surface area contributed by atoms with Gasteiger partial charge >= 0.3 is 5.97 Å². The van der Waals surface area contributed by atoms with E-state index in [4.69, 9.17) is 0 Å². The fraction of sp³-hybridized carbons (Fsp3) is 0.778. The highest BCUT2D eigenvalue weighted by atomic mass is 32.2. The molecule has 6 nitrogen and oxygen atoms in total. The quantitative estimate of drug-likeness (QED) is 0.715. The van der Waals surface area contributed by atoms with Crippen molar-refractivity contribution in [2.24, 2.45) is 5.41 Å². The maximum atomic E-state index is 11.6. The molecule has 7 heteroatoms. The molecule has 1 N–H and O–H groups in total. The average molecular weight is 251 g/mol. The van der Waals surface area contributed by atoms with E-state index >= 15 is 0 Å². The molecule has 0 saturated heterocycles. The van der Waals surface area contributed by atoms with Crippen molar-refractivity contribution in [3.63, 3.8) is 0 Å². The third kappa shape index (κ3) is 3.80. The van der Waals surface area contributed by atoms with E-state index in [0.717, 1.165) is 14.0 Å². The molecule has 0 fully saturated rings. The van der Waals surface area contributed by atoms with Gasteiger partial charge in [-0.05, 0) is 6.92 Å².